The lowest BCUT2D eigenvalue weighted by Gasteiger charge is -2.18. The van der Waals surface area contributed by atoms with E-state index >= 15 is 0 Å². The van der Waals surface area contributed by atoms with Gasteiger partial charge in [-0.2, -0.15) is 5.10 Å². The van der Waals surface area contributed by atoms with E-state index in [9.17, 15) is 0 Å². The van der Waals surface area contributed by atoms with Crippen molar-refractivity contribution >= 4 is 6.21 Å². The highest BCUT2D eigenvalue weighted by molar-refractivity contribution is 5.88. The largest absolute Gasteiger partial charge is 0.486 e. The molecule has 0 unspecified atom stereocenters. The van der Waals surface area contributed by atoms with Gasteiger partial charge in [-0.25, -0.2) is 0 Å². The zero-order valence-corrected chi connectivity index (χ0v) is 13.5. The van der Waals surface area contributed by atoms with Gasteiger partial charge in [-0.15, -0.1) is 0 Å². The van der Waals surface area contributed by atoms with Crippen molar-refractivity contribution in [2.24, 2.45) is 5.16 Å². The van der Waals surface area contributed by atoms with Crippen molar-refractivity contribution in [2.45, 2.75) is 6.61 Å². The number of hydrogen-bond donors (Lipinski definition) is 1. The number of hydrogen-bond acceptors (Lipinski definition) is 5. The third kappa shape index (κ3) is 3.47. The first-order chi connectivity index (χ1) is 12.4. The van der Waals surface area contributed by atoms with Gasteiger partial charge in [-0.3, -0.25) is 5.10 Å². The second-order valence-corrected chi connectivity index (χ2v) is 5.55. The van der Waals surface area contributed by atoms with Gasteiger partial charge in [0.25, 0.3) is 0 Å². The van der Waals surface area contributed by atoms with E-state index in [-0.39, 0.29) is 0 Å². The van der Waals surface area contributed by atoms with Crippen molar-refractivity contribution < 1.29 is 14.3 Å². The summed E-state index contributed by atoms with van der Waals surface area (Å²) in [7, 11) is 0. The number of oxime groups is 1. The van der Waals surface area contributed by atoms with Crippen LogP contribution in [0.4, 0.5) is 0 Å². The Labute approximate surface area is 145 Å². The van der Waals surface area contributed by atoms with E-state index in [4.69, 9.17) is 14.3 Å². The van der Waals surface area contributed by atoms with Crippen LogP contribution in [0.1, 0.15) is 11.1 Å². The van der Waals surface area contributed by atoms with Crippen molar-refractivity contribution in [1.82, 2.24) is 10.2 Å². The lowest BCUT2D eigenvalue weighted by atomic mass is 10.1. The number of fused-ring (bicyclic) bond motifs is 1. The normalized spacial score (nSPS) is 13.1. The van der Waals surface area contributed by atoms with Gasteiger partial charge < -0.3 is 14.3 Å². The molecule has 0 amide bonds. The number of nitrogens with one attached hydrogen (secondary N) is 1. The fourth-order valence-electron chi connectivity index (χ4n) is 2.60. The van der Waals surface area contributed by atoms with E-state index in [1.165, 1.54) is 0 Å². The number of benzene rings is 2. The molecule has 0 saturated heterocycles. The Balaban J connectivity index is 1.48. The molecule has 0 spiro atoms. The summed E-state index contributed by atoms with van der Waals surface area (Å²) in [5.74, 6) is 1.50. The average Bonchev–Trinajstić information content (AvgIpc) is 3.14. The summed E-state index contributed by atoms with van der Waals surface area (Å²) >= 11 is 0. The van der Waals surface area contributed by atoms with Crippen molar-refractivity contribution in [1.29, 1.82) is 0 Å². The molecule has 25 heavy (non-hydrogen) atoms. The fourth-order valence-corrected chi connectivity index (χ4v) is 2.60. The van der Waals surface area contributed by atoms with Crippen LogP contribution in [-0.4, -0.2) is 29.6 Å². The maximum absolute atomic E-state index is 5.63. The molecule has 1 aliphatic heterocycles. The molecule has 0 atom stereocenters. The van der Waals surface area contributed by atoms with Crippen molar-refractivity contribution in [3.05, 3.63) is 65.9 Å². The summed E-state index contributed by atoms with van der Waals surface area (Å²) in [5, 5.41) is 11.1. The third-order valence-electron chi connectivity index (χ3n) is 3.84. The van der Waals surface area contributed by atoms with Gasteiger partial charge in [0.2, 0.25) is 0 Å². The Bertz CT molecular complexity index is 875. The first kappa shape index (κ1) is 15.3. The quantitative estimate of drug-likeness (QED) is 0.573. The number of H-pyrrole nitrogens is 1. The molecule has 2 heterocycles. The fraction of sp³-hybridized carbons (Fsp3) is 0.158. The molecule has 4 rings (SSSR count). The number of aromatic nitrogens is 2. The molecule has 2 aromatic carbocycles. The summed E-state index contributed by atoms with van der Waals surface area (Å²) < 4.78 is 11.2. The van der Waals surface area contributed by atoms with E-state index < -0.39 is 0 Å². The highest BCUT2D eigenvalue weighted by Crippen LogP contribution is 2.34. The molecule has 1 aliphatic rings. The minimum Gasteiger partial charge on any atom is -0.486 e. The Morgan fingerprint density at radius 2 is 1.92 bits per heavy atom. The Morgan fingerprint density at radius 3 is 2.80 bits per heavy atom. The Hall–Kier alpha value is -3.28. The van der Waals surface area contributed by atoms with Crippen molar-refractivity contribution in [2.75, 3.05) is 13.2 Å². The van der Waals surface area contributed by atoms with Crippen LogP contribution in [0.3, 0.4) is 0 Å². The van der Waals surface area contributed by atoms with Gasteiger partial charge in [0.1, 0.15) is 19.8 Å². The van der Waals surface area contributed by atoms with E-state index in [0.29, 0.717) is 19.8 Å². The lowest BCUT2D eigenvalue weighted by molar-refractivity contribution is 0.132. The number of ether oxygens (including phenoxy) is 2. The minimum atomic E-state index is 0.425. The SMILES string of the molecule is C(=NOCc1ccccc1)c1cn[nH]c1-c1ccc2c(c1)OCCO2. The smallest absolute Gasteiger partial charge is 0.162 e. The summed E-state index contributed by atoms with van der Waals surface area (Å²) in [6.45, 7) is 1.56. The number of nitrogens with zero attached hydrogens (tertiary/aromatic N) is 2. The molecule has 3 aromatic rings. The van der Waals surface area contributed by atoms with E-state index in [1.54, 1.807) is 12.4 Å². The first-order valence-electron chi connectivity index (χ1n) is 8.03. The van der Waals surface area contributed by atoms with Gasteiger partial charge in [0.05, 0.1) is 18.1 Å². The second kappa shape index (κ2) is 7.09. The van der Waals surface area contributed by atoms with Crippen LogP contribution in [0.15, 0.2) is 59.9 Å². The van der Waals surface area contributed by atoms with Gasteiger partial charge in [0, 0.05) is 11.1 Å². The van der Waals surface area contributed by atoms with Crippen LogP contribution in [0.25, 0.3) is 11.3 Å². The molecule has 1 N–H and O–H groups in total. The lowest BCUT2D eigenvalue weighted by Crippen LogP contribution is -2.15. The van der Waals surface area contributed by atoms with Crippen LogP contribution >= 0.6 is 0 Å². The van der Waals surface area contributed by atoms with Gasteiger partial charge in [-0.05, 0) is 23.8 Å². The molecule has 0 fully saturated rings. The molecule has 1 aromatic heterocycles. The zero-order valence-electron chi connectivity index (χ0n) is 13.5. The summed E-state index contributed by atoms with van der Waals surface area (Å²) in [6.07, 6.45) is 3.36. The maximum Gasteiger partial charge on any atom is 0.162 e. The molecular weight excluding hydrogens is 318 g/mol. The van der Waals surface area contributed by atoms with E-state index in [2.05, 4.69) is 15.4 Å². The number of aromatic amines is 1. The molecule has 126 valence electrons. The third-order valence-corrected chi connectivity index (χ3v) is 3.84. The molecule has 6 nitrogen and oxygen atoms in total. The average molecular weight is 335 g/mol. The minimum absolute atomic E-state index is 0.425. The first-order valence-corrected chi connectivity index (χ1v) is 8.03. The van der Waals surface area contributed by atoms with Crippen molar-refractivity contribution in [3.8, 4) is 22.8 Å². The molecular formula is C19H17N3O3. The van der Waals surface area contributed by atoms with Gasteiger partial charge in [-0.1, -0.05) is 35.5 Å². The van der Waals surface area contributed by atoms with Crippen LogP contribution in [-0.2, 0) is 11.4 Å². The monoisotopic (exact) mass is 335 g/mol. The highest BCUT2D eigenvalue weighted by atomic mass is 16.6. The predicted molar refractivity (Wildman–Crippen MR) is 93.8 cm³/mol. The number of rotatable bonds is 5. The molecule has 6 heteroatoms. The Morgan fingerprint density at radius 1 is 1.08 bits per heavy atom. The summed E-state index contributed by atoms with van der Waals surface area (Å²) in [5.41, 5.74) is 3.71. The van der Waals surface area contributed by atoms with Crippen LogP contribution < -0.4 is 9.47 Å². The summed E-state index contributed by atoms with van der Waals surface area (Å²) in [4.78, 5) is 5.36. The van der Waals surface area contributed by atoms with Crippen molar-refractivity contribution in [3.63, 3.8) is 0 Å². The topological polar surface area (TPSA) is 68.7 Å². The molecule has 0 radical (unpaired) electrons. The van der Waals surface area contributed by atoms with Crippen LogP contribution in [0, 0.1) is 0 Å². The highest BCUT2D eigenvalue weighted by Gasteiger charge is 2.14. The standard InChI is InChI=1S/C19H17N3O3/c1-2-4-14(5-3-1)13-25-21-12-16-11-20-22-19(16)15-6-7-17-18(10-15)24-9-8-23-17/h1-7,10-12H,8-9,13H2,(H,20,22). The van der Waals surface area contributed by atoms with E-state index in [1.807, 2.05) is 48.5 Å². The zero-order chi connectivity index (χ0) is 16.9. The van der Waals surface area contributed by atoms with Gasteiger partial charge >= 0.3 is 0 Å². The molecule has 0 saturated carbocycles. The van der Waals surface area contributed by atoms with Gasteiger partial charge in [0.15, 0.2) is 11.5 Å². The van der Waals surface area contributed by atoms with E-state index in [0.717, 1.165) is 33.9 Å². The molecule has 0 aliphatic carbocycles. The molecule has 0 bridgehead atoms. The Kier molecular flexibility index (Phi) is 4.33. The van der Waals surface area contributed by atoms with Crippen LogP contribution in [0.2, 0.25) is 0 Å². The summed E-state index contributed by atoms with van der Waals surface area (Å²) in [6, 6.07) is 15.7. The second-order valence-electron chi connectivity index (χ2n) is 5.55. The maximum atomic E-state index is 5.63. The predicted octanol–water partition coefficient (Wildman–Crippen LogP) is 3.40. The van der Waals surface area contributed by atoms with Crippen LogP contribution in [0.5, 0.6) is 11.5 Å².